The first-order valence-electron chi connectivity index (χ1n) is 6.66. The van der Waals surface area contributed by atoms with Crippen LogP contribution in [0.15, 0.2) is 46.0 Å². The second-order valence-electron chi connectivity index (χ2n) is 4.71. The molecule has 0 aliphatic carbocycles. The number of rotatable bonds is 6. The van der Waals surface area contributed by atoms with Crippen molar-refractivity contribution in [3.63, 3.8) is 0 Å². The van der Waals surface area contributed by atoms with E-state index in [0.29, 0.717) is 11.5 Å². The first-order chi connectivity index (χ1) is 10.6. The molecule has 0 aliphatic heterocycles. The number of aromatic nitrogens is 1. The molecule has 0 atom stereocenters. The highest BCUT2D eigenvalue weighted by atomic mass is 32.2. The highest BCUT2D eigenvalue weighted by Crippen LogP contribution is 2.15. The van der Waals surface area contributed by atoms with Crippen molar-refractivity contribution in [2.45, 2.75) is 11.4 Å². The Labute approximate surface area is 132 Å². The second-order valence-corrected chi connectivity index (χ2v) is 5.76. The molecule has 0 unspecified atom stereocenters. The Morgan fingerprint density at radius 2 is 1.95 bits per heavy atom. The number of amides is 2. The quantitative estimate of drug-likeness (QED) is 0.822. The predicted molar refractivity (Wildman–Crippen MR) is 83.5 cm³/mol. The lowest BCUT2D eigenvalue weighted by Crippen LogP contribution is -2.24. The molecule has 0 aromatic carbocycles. The molecule has 2 aromatic heterocycles. The molecule has 0 aliphatic rings. The van der Waals surface area contributed by atoms with E-state index in [0.717, 1.165) is 4.90 Å². The van der Waals surface area contributed by atoms with Crippen LogP contribution in [0.2, 0.25) is 0 Å². The minimum Gasteiger partial charge on any atom is -0.454 e. The Morgan fingerprint density at radius 1 is 1.23 bits per heavy atom. The number of pyridine rings is 1. The predicted octanol–water partition coefficient (Wildman–Crippen LogP) is 1.78. The lowest BCUT2D eigenvalue weighted by atomic mass is 10.4. The maximum atomic E-state index is 11.8. The topological polar surface area (TPSA) is 75.4 Å². The third-order valence-corrected chi connectivity index (χ3v) is 3.77. The van der Waals surface area contributed by atoms with Crippen molar-refractivity contribution < 1.29 is 14.0 Å². The molecular weight excluding hydrogens is 302 g/mol. The van der Waals surface area contributed by atoms with Crippen molar-refractivity contribution in [2.24, 2.45) is 0 Å². The van der Waals surface area contributed by atoms with Gasteiger partial charge in [-0.25, -0.2) is 0 Å². The van der Waals surface area contributed by atoms with Gasteiger partial charge in [0.05, 0.1) is 12.3 Å². The van der Waals surface area contributed by atoms with Gasteiger partial charge in [-0.1, -0.05) is 0 Å². The first-order valence-corrected chi connectivity index (χ1v) is 7.64. The maximum Gasteiger partial charge on any atom is 0.289 e. The van der Waals surface area contributed by atoms with E-state index in [1.54, 1.807) is 38.6 Å². The van der Waals surface area contributed by atoms with Crippen LogP contribution in [0.25, 0.3) is 0 Å². The molecular formula is C15H17N3O3S. The highest BCUT2D eigenvalue weighted by Gasteiger charge is 2.13. The zero-order valence-electron chi connectivity index (χ0n) is 12.4. The second kappa shape index (κ2) is 7.65. The summed E-state index contributed by atoms with van der Waals surface area (Å²) in [5.41, 5.74) is 0. The van der Waals surface area contributed by atoms with Crippen LogP contribution in [0, 0.1) is 0 Å². The van der Waals surface area contributed by atoms with Gasteiger partial charge in [-0.15, -0.1) is 11.8 Å². The SMILES string of the molecule is CN(C)C(=O)c1ccc(CNC(=O)CSc2ccncc2)o1. The van der Waals surface area contributed by atoms with Crippen LogP contribution in [0.4, 0.5) is 0 Å². The normalized spacial score (nSPS) is 10.3. The van der Waals surface area contributed by atoms with E-state index in [1.165, 1.54) is 16.7 Å². The van der Waals surface area contributed by atoms with Crippen molar-refractivity contribution in [1.82, 2.24) is 15.2 Å². The van der Waals surface area contributed by atoms with Gasteiger partial charge in [0.25, 0.3) is 5.91 Å². The molecule has 2 amide bonds. The molecule has 1 N–H and O–H groups in total. The summed E-state index contributed by atoms with van der Waals surface area (Å²) in [6.07, 6.45) is 3.37. The minimum absolute atomic E-state index is 0.0984. The van der Waals surface area contributed by atoms with E-state index in [-0.39, 0.29) is 24.1 Å². The van der Waals surface area contributed by atoms with Gasteiger partial charge in [0, 0.05) is 31.4 Å². The van der Waals surface area contributed by atoms with E-state index in [4.69, 9.17) is 4.42 Å². The molecule has 0 fully saturated rings. The zero-order chi connectivity index (χ0) is 15.9. The van der Waals surface area contributed by atoms with Crippen molar-refractivity contribution in [3.05, 3.63) is 48.2 Å². The van der Waals surface area contributed by atoms with Crippen LogP contribution in [-0.4, -0.2) is 41.5 Å². The van der Waals surface area contributed by atoms with Crippen LogP contribution in [0.3, 0.4) is 0 Å². The molecule has 2 heterocycles. The number of nitrogens with zero attached hydrogens (tertiary/aromatic N) is 2. The molecule has 0 bridgehead atoms. The Hall–Kier alpha value is -2.28. The summed E-state index contributed by atoms with van der Waals surface area (Å²) < 4.78 is 5.40. The van der Waals surface area contributed by atoms with Gasteiger partial charge in [-0.3, -0.25) is 14.6 Å². The molecule has 0 spiro atoms. The molecule has 0 saturated heterocycles. The molecule has 6 nitrogen and oxygen atoms in total. The van der Waals surface area contributed by atoms with Gasteiger partial charge in [-0.2, -0.15) is 0 Å². The number of hydrogen-bond donors (Lipinski definition) is 1. The Kier molecular flexibility index (Phi) is 5.60. The zero-order valence-corrected chi connectivity index (χ0v) is 13.2. The lowest BCUT2D eigenvalue weighted by Gasteiger charge is -2.07. The summed E-state index contributed by atoms with van der Waals surface area (Å²) in [4.78, 5) is 29.8. The van der Waals surface area contributed by atoms with Gasteiger partial charge in [0.1, 0.15) is 5.76 Å². The third kappa shape index (κ3) is 4.63. The minimum atomic E-state index is -0.203. The smallest absolute Gasteiger partial charge is 0.289 e. The van der Waals surface area contributed by atoms with Crippen LogP contribution < -0.4 is 5.32 Å². The van der Waals surface area contributed by atoms with Crippen LogP contribution in [-0.2, 0) is 11.3 Å². The van der Waals surface area contributed by atoms with Gasteiger partial charge >= 0.3 is 0 Å². The largest absolute Gasteiger partial charge is 0.454 e. The number of carbonyl (C=O) groups excluding carboxylic acids is 2. The summed E-state index contributed by atoms with van der Waals surface area (Å²) in [6.45, 7) is 0.260. The Balaban J connectivity index is 1.78. The number of hydrogen-bond acceptors (Lipinski definition) is 5. The third-order valence-electron chi connectivity index (χ3n) is 2.76. The first kappa shape index (κ1) is 16.1. The molecule has 2 rings (SSSR count). The molecule has 7 heteroatoms. The van der Waals surface area contributed by atoms with Gasteiger partial charge < -0.3 is 14.6 Å². The van der Waals surface area contributed by atoms with E-state index in [2.05, 4.69) is 10.3 Å². The van der Waals surface area contributed by atoms with E-state index >= 15 is 0 Å². The number of carbonyl (C=O) groups is 2. The van der Waals surface area contributed by atoms with Crippen molar-refractivity contribution in [3.8, 4) is 0 Å². The molecule has 22 heavy (non-hydrogen) atoms. The number of thioether (sulfide) groups is 1. The van der Waals surface area contributed by atoms with Crippen LogP contribution in [0.5, 0.6) is 0 Å². The molecule has 116 valence electrons. The summed E-state index contributed by atoms with van der Waals surface area (Å²) in [5, 5.41) is 2.76. The lowest BCUT2D eigenvalue weighted by molar-refractivity contribution is -0.118. The Morgan fingerprint density at radius 3 is 2.64 bits per heavy atom. The van der Waals surface area contributed by atoms with E-state index in [9.17, 15) is 9.59 Å². The van der Waals surface area contributed by atoms with Gasteiger partial charge in [0.15, 0.2) is 5.76 Å². The summed E-state index contributed by atoms with van der Waals surface area (Å²) >= 11 is 1.43. The molecule has 2 aromatic rings. The number of nitrogens with one attached hydrogen (secondary N) is 1. The van der Waals surface area contributed by atoms with Crippen molar-refractivity contribution in [1.29, 1.82) is 0 Å². The fourth-order valence-electron chi connectivity index (χ4n) is 1.63. The monoisotopic (exact) mass is 319 g/mol. The molecule has 0 radical (unpaired) electrons. The maximum absolute atomic E-state index is 11.8. The average Bonchev–Trinajstić information content (AvgIpc) is 3.00. The fourth-order valence-corrected chi connectivity index (χ4v) is 2.34. The average molecular weight is 319 g/mol. The molecule has 0 saturated carbocycles. The van der Waals surface area contributed by atoms with Crippen LogP contribution >= 0.6 is 11.8 Å². The van der Waals surface area contributed by atoms with Gasteiger partial charge in [-0.05, 0) is 24.3 Å². The fraction of sp³-hybridized carbons (Fsp3) is 0.267. The van der Waals surface area contributed by atoms with E-state index < -0.39 is 0 Å². The Bertz CT molecular complexity index is 640. The van der Waals surface area contributed by atoms with Crippen molar-refractivity contribution in [2.75, 3.05) is 19.8 Å². The summed E-state index contributed by atoms with van der Waals surface area (Å²) in [6, 6.07) is 7.00. The van der Waals surface area contributed by atoms with Gasteiger partial charge in [0.2, 0.25) is 5.91 Å². The van der Waals surface area contributed by atoms with E-state index in [1.807, 2.05) is 12.1 Å². The summed E-state index contributed by atoms with van der Waals surface area (Å²) in [7, 11) is 3.31. The standard InChI is InChI=1S/C15H17N3O3S/c1-18(2)15(20)13-4-3-11(21-13)9-17-14(19)10-22-12-5-7-16-8-6-12/h3-8H,9-10H2,1-2H3,(H,17,19). The van der Waals surface area contributed by atoms with Crippen LogP contribution in [0.1, 0.15) is 16.3 Å². The van der Waals surface area contributed by atoms with Crippen molar-refractivity contribution >= 4 is 23.6 Å². The summed E-state index contributed by atoms with van der Waals surface area (Å²) in [5.74, 6) is 0.825. The number of furan rings is 1. The highest BCUT2D eigenvalue weighted by molar-refractivity contribution is 8.00.